The third-order valence-corrected chi connectivity index (χ3v) is 6.90. The molecule has 0 radical (unpaired) electrons. The minimum Gasteiger partial charge on any atom is -0.444 e. The van der Waals surface area contributed by atoms with Gasteiger partial charge in [0.2, 0.25) is 17.7 Å². The van der Waals surface area contributed by atoms with Crippen LogP contribution in [-0.4, -0.2) is 52.4 Å². The number of primary amides is 1. The van der Waals surface area contributed by atoms with Crippen LogP contribution in [-0.2, 0) is 25.5 Å². The Kier molecular flexibility index (Phi) is 11.6. The predicted octanol–water partition coefficient (Wildman–Crippen LogP) is 4.13. The number of alkyl carbamates (subject to hydrolysis) is 1. The SMILES string of the molecule is CCc1ccc(C(C(=O)NC2CCCCC2)N(C(=O)C(CC(N)=O)NC(=O)OC(C)(C)C)C(C)CC)cc1. The molecular formula is C29H46N4O5. The van der Waals surface area contributed by atoms with Crippen molar-refractivity contribution in [2.24, 2.45) is 5.73 Å². The first-order valence-corrected chi connectivity index (χ1v) is 13.8. The molecule has 3 unspecified atom stereocenters. The number of aryl methyl sites for hydroxylation is 1. The van der Waals surface area contributed by atoms with Crippen molar-refractivity contribution in [2.75, 3.05) is 0 Å². The summed E-state index contributed by atoms with van der Waals surface area (Å²) >= 11 is 0. The molecule has 4 N–H and O–H groups in total. The number of nitrogens with two attached hydrogens (primary N) is 1. The van der Waals surface area contributed by atoms with Crippen LogP contribution in [0.4, 0.5) is 4.79 Å². The fraction of sp³-hybridized carbons (Fsp3) is 0.655. The highest BCUT2D eigenvalue weighted by molar-refractivity contribution is 5.94. The van der Waals surface area contributed by atoms with Crippen molar-refractivity contribution < 1.29 is 23.9 Å². The van der Waals surface area contributed by atoms with E-state index < -0.39 is 42.0 Å². The van der Waals surface area contributed by atoms with E-state index in [0.717, 1.165) is 44.1 Å². The number of amides is 4. The number of hydrogen-bond acceptors (Lipinski definition) is 5. The van der Waals surface area contributed by atoms with E-state index in [1.807, 2.05) is 45.0 Å². The van der Waals surface area contributed by atoms with Crippen molar-refractivity contribution in [2.45, 2.75) is 123 Å². The molecule has 38 heavy (non-hydrogen) atoms. The van der Waals surface area contributed by atoms with Crippen LogP contribution in [0.2, 0.25) is 0 Å². The average Bonchev–Trinajstić information content (AvgIpc) is 2.85. The first kappa shape index (κ1) is 31.1. The standard InChI is InChI=1S/C29H46N4O5/c1-7-19(3)33(27(36)23(18-24(30)34)32-28(37)38-29(4,5)6)25(21-16-14-20(8-2)15-17-21)26(35)31-22-12-10-9-11-13-22/h14-17,19,22-23,25H,7-13,18H2,1-6H3,(H2,30,34)(H,31,35)(H,32,37). The molecule has 0 spiro atoms. The molecule has 212 valence electrons. The van der Waals surface area contributed by atoms with E-state index in [1.165, 1.54) is 4.90 Å². The zero-order chi connectivity index (χ0) is 28.5. The molecule has 2 rings (SSSR count). The van der Waals surface area contributed by atoms with Gasteiger partial charge in [0.25, 0.3) is 0 Å². The Bertz CT molecular complexity index is 951. The van der Waals surface area contributed by atoms with Gasteiger partial charge in [0.1, 0.15) is 17.7 Å². The monoisotopic (exact) mass is 530 g/mol. The molecule has 1 aromatic carbocycles. The van der Waals surface area contributed by atoms with E-state index >= 15 is 0 Å². The summed E-state index contributed by atoms with van der Waals surface area (Å²) < 4.78 is 5.33. The van der Waals surface area contributed by atoms with E-state index in [4.69, 9.17) is 10.5 Å². The van der Waals surface area contributed by atoms with Gasteiger partial charge in [-0.05, 0) is 64.5 Å². The highest BCUT2D eigenvalue weighted by atomic mass is 16.6. The van der Waals surface area contributed by atoms with E-state index in [0.29, 0.717) is 12.0 Å². The zero-order valence-electron chi connectivity index (χ0n) is 23.8. The lowest BCUT2D eigenvalue weighted by Crippen LogP contribution is -2.56. The van der Waals surface area contributed by atoms with Gasteiger partial charge >= 0.3 is 6.09 Å². The van der Waals surface area contributed by atoms with Gasteiger partial charge in [-0.3, -0.25) is 14.4 Å². The van der Waals surface area contributed by atoms with Crippen molar-refractivity contribution in [3.05, 3.63) is 35.4 Å². The molecule has 1 aromatic rings. The van der Waals surface area contributed by atoms with Crippen molar-refractivity contribution >= 4 is 23.8 Å². The number of nitrogens with zero attached hydrogens (tertiary/aromatic N) is 1. The first-order valence-electron chi connectivity index (χ1n) is 13.8. The number of nitrogens with one attached hydrogen (secondary N) is 2. The third kappa shape index (κ3) is 9.33. The summed E-state index contributed by atoms with van der Waals surface area (Å²) in [5, 5.41) is 5.70. The Hall–Kier alpha value is -3.10. The number of rotatable bonds is 11. The molecule has 0 aliphatic heterocycles. The second-order valence-corrected chi connectivity index (χ2v) is 11.2. The minimum atomic E-state index is -1.28. The Morgan fingerprint density at radius 2 is 1.66 bits per heavy atom. The number of ether oxygens (including phenoxy) is 1. The van der Waals surface area contributed by atoms with Gasteiger partial charge in [0.05, 0.1) is 6.42 Å². The molecule has 3 atom stereocenters. The van der Waals surface area contributed by atoms with Gasteiger partial charge in [-0.15, -0.1) is 0 Å². The van der Waals surface area contributed by atoms with Crippen molar-refractivity contribution in [3.63, 3.8) is 0 Å². The molecule has 9 nitrogen and oxygen atoms in total. The maximum atomic E-state index is 14.1. The molecular weight excluding hydrogens is 484 g/mol. The zero-order valence-corrected chi connectivity index (χ0v) is 23.8. The summed E-state index contributed by atoms with van der Waals surface area (Å²) in [6.45, 7) is 10.9. The molecule has 9 heteroatoms. The van der Waals surface area contributed by atoms with Crippen LogP contribution in [0.15, 0.2) is 24.3 Å². The normalized spacial score (nSPS) is 16.6. The summed E-state index contributed by atoms with van der Waals surface area (Å²) in [5.41, 5.74) is 6.44. The number of benzene rings is 1. The first-order chi connectivity index (χ1) is 17.9. The fourth-order valence-corrected chi connectivity index (χ4v) is 4.73. The molecule has 0 bridgehead atoms. The van der Waals surface area contributed by atoms with Crippen LogP contribution in [0.3, 0.4) is 0 Å². The van der Waals surface area contributed by atoms with Crippen LogP contribution in [0.1, 0.15) is 104 Å². The quantitative estimate of drug-likeness (QED) is 0.396. The second-order valence-electron chi connectivity index (χ2n) is 11.2. The van der Waals surface area contributed by atoms with E-state index in [9.17, 15) is 19.2 Å². The van der Waals surface area contributed by atoms with Gasteiger partial charge in [-0.1, -0.05) is 57.4 Å². The lowest BCUT2D eigenvalue weighted by Gasteiger charge is -2.39. The van der Waals surface area contributed by atoms with Gasteiger partial charge < -0.3 is 26.0 Å². The average molecular weight is 531 g/mol. The van der Waals surface area contributed by atoms with Crippen LogP contribution in [0.25, 0.3) is 0 Å². The molecule has 0 aromatic heterocycles. The lowest BCUT2D eigenvalue weighted by molar-refractivity contribution is -0.146. The van der Waals surface area contributed by atoms with Crippen molar-refractivity contribution in [1.29, 1.82) is 0 Å². The van der Waals surface area contributed by atoms with Crippen LogP contribution < -0.4 is 16.4 Å². The maximum Gasteiger partial charge on any atom is 0.408 e. The summed E-state index contributed by atoms with van der Waals surface area (Å²) in [6.07, 6.45) is 5.19. The van der Waals surface area contributed by atoms with Gasteiger partial charge in [-0.25, -0.2) is 4.79 Å². The fourth-order valence-electron chi connectivity index (χ4n) is 4.73. The van der Waals surface area contributed by atoms with E-state index in [1.54, 1.807) is 20.8 Å². The van der Waals surface area contributed by atoms with Gasteiger partial charge in [0, 0.05) is 12.1 Å². The third-order valence-electron chi connectivity index (χ3n) is 6.90. The van der Waals surface area contributed by atoms with Crippen LogP contribution in [0.5, 0.6) is 0 Å². The van der Waals surface area contributed by atoms with E-state index in [-0.39, 0.29) is 18.0 Å². The Morgan fingerprint density at radius 1 is 1.05 bits per heavy atom. The predicted molar refractivity (Wildman–Crippen MR) is 147 cm³/mol. The van der Waals surface area contributed by atoms with Crippen LogP contribution in [0, 0.1) is 0 Å². The largest absolute Gasteiger partial charge is 0.444 e. The topological polar surface area (TPSA) is 131 Å². The van der Waals surface area contributed by atoms with Crippen molar-refractivity contribution in [3.8, 4) is 0 Å². The van der Waals surface area contributed by atoms with Crippen molar-refractivity contribution in [1.82, 2.24) is 15.5 Å². The maximum absolute atomic E-state index is 14.1. The lowest BCUT2D eigenvalue weighted by atomic mass is 9.94. The molecule has 1 saturated carbocycles. The number of hydrogen-bond donors (Lipinski definition) is 3. The molecule has 4 amide bonds. The Balaban J connectivity index is 2.50. The second kappa shape index (κ2) is 14.2. The molecule has 0 heterocycles. The Morgan fingerprint density at radius 3 is 2.16 bits per heavy atom. The minimum absolute atomic E-state index is 0.0452. The molecule has 1 aliphatic carbocycles. The number of carbonyl (C=O) groups excluding carboxylic acids is 4. The summed E-state index contributed by atoms with van der Waals surface area (Å²) in [6, 6.07) is 5.10. The smallest absolute Gasteiger partial charge is 0.408 e. The summed E-state index contributed by atoms with van der Waals surface area (Å²) in [4.78, 5) is 54.0. The molecule has 1 fully saturated rings. The van der Waals surface area contributed by atoms with Gasteiger partial charge in [-0.2, -0.15) is 0 Å². The highest BCUT2D eigenvalue weighted by Crippen LogP contribution is 2.28. The molecule has 0 saturated heterocycles. The van der Waals surface area contributed by atoms with Gasteiger partial charge in [0.15, 0.2) is 0 Å². The van der Waals surface area contributed by atoms with Crippen LogP contribution >= 0.6 is 0 Å². The summed E-state index contributed by atoms with van der Waals surface area (Å²) in [7, 11) is 0. The molecule has 1 aliphatic rings. The Labute approximate surface area is 227 Å². The highest BCUT2D eigenvalue weighted by Gasteiger charge is 2.39. The number of carbonyl (C=O) groups is 4. The summed E-state index contributed by atoms with van der Waals surface area (Å²) in [5.74, 6) is -1.59. The van der Waals surface area contributed by atoms with E-state index in [2.05, 4.69) is 10.6 Å².